The number of aromatic nitrogens is 4. The van der Waals surface area contributed by atoms with E-state index in [1.807, 2.05) is 0 Å². The maximum atomic E-state index is 12.5. The van der Waals surface area contributed by atoms with E-state index < -0.39 is 0 Å². The van der Waals surface area contributed by atoms with E-state index in [1.165, 1.54) is 23.8 Å². The first-order valence-corrected chi connectivity index (χ1v) is 8.60. The fourth-order valence-electron chi connectivity index (χ4n) is 3.50. The number of carbonyl (C=O) groups excluding carboxylic acids is 1. The van der Waals surface area contributed by atoms with Crippen molar-refractivity contribution in [3.8, 4) is 0 Å². The smallest absolute Gasteiger partial charge is 0.295 e. The van der Waals surface area contributed by atoms with Gasteiger partial charge in [0.1, 0.15) is 0 Å². The van der Waals surface area contributed by atoms with E-state index in [0.29, 0.717) is 30.6 Å². The van der Waals surface area contributed by atoms with Gasteiger partial charge in [-0.1, -0.05) is 26.2 Å². The van der Waals surface area contributed by atoms with E-state index in [0.717, 1.165) is 6.42 Å². The van der Waals surface area contributed by atoms with Gasteiger partial charge >= 0.3 is 0 Å². The lowest BCUT2D eigenvalue weighted by molar-refractivity contribution is -0.132. The van der Waals surface area contributed by atoms with E-state index in [2.05, 4.69) is 17.1 Å². The van der Waals surface area contributed by atoms with Gasteiger partial charge < -0.3 is 9.47 Å². The topological polar surface area (TPSA) is 72.5 Å². The average Bonchev–Trinajstić information content (AvgIpc) is 2.96. The molecule has 1 fully saturated rings. The molecule has 3 rings (SSSR count). The molecule has 0 spiro atoms. The quantitative estimate of drug-likeness (QED) is 0.853. The third-order valence-corrected chi connectivity index (χ3v) is 5.25. The number of amides is 1. The Labute approximate surface area is 141 Å². The van der Waals surface area contributed by atoms with Crippen LogP contribution in [-0.2, 0) is 18.4 Å². The summed E-state index contributed by atoms with van der Waals surface area (Å²) in [6.45, 7) is 2.60. The minimum atomic E-state index is -0.193. The number of hydrogen-bond acceptors (Lipinski definition) is 4. The van der Waals surface area contributed by atoms with Gasteiger partial charge in [0.15, 0.2) is 5.82 Å². The summed E-state index contributed by atoms with van der Waals surface area (Å²) in [5.74, 6) is 1.84. The number of aryl methyl sites for hydroxylation is 1. The molecule has 0 N–H and O–H groups in total. The summed E-state index contributed by atoms with van der Waals surface area (Å²) in [6, 6.07) is 0. The highest BCUT2D eigenvalue weighted by molar-refractivity contribution is 5.76. The van der Waals surface area contributed by atoms with Crippen molar-refractivity contribution >= 4 is 11.6 Å². The van der Waals surface area contributed by atoms with Gasteiger partial charge in [-0.05, 0) is 18.3 Å². The van der Waals surface area contributed by atoms with Crippen molar-refractivity contribution in [2.45, 2.75) is 45.6 Å². The molecule has 24 heavy (non-hydrogen) atoms. The summed E-state index contributed by atoms with van der Waals surface area (Å²) >= 11 is 0. The van der Waals surface area contributed by atoms with Crippen LogP contribution < -0.4 is 5.56 Å². The minimum absolute atomic E-state index is 0.134. The molecule has 2 unspecified atom stereocenters. The molecule has 0 radical (unpaired) electrons. The summed E-state index contributed by atoms with van der Waals surface area (Å²) in [5, 5.41) is 8.05. The number of nitrogens with zero attached hydrogens (tertiary/aromatic N) is 5. The molecule has 130 valence electrons. The van der Waals surface area contributed by atoms with Crippen LogP contribution in [0.1, 0.15) is 44.9 Å². The van der Waals surface area contributed by atoms with E-state index in [-0.39, 0.29) is 17.1 Å². The largest absolute Gasteiger partial charge is 0.338 e. The Morgan fingerprint density at radius 3 is 2.79 bits per heavy atom. The molecule has 1 aliphatic carbocycles. The first-order valence-electron chi connectivity index (χ1n) is 8.60. The first-order chi connectivity index (χ1) is 11.5. The normalized spacial score (nSPS) is 21.1. The standard InChI is InChI=1S/C17H25N5O2/c1-12-6-4-5-7-13(12)10-15(23)21(3)11-14-18-19-16-17(24)20(2)8-9-22(14)16/h8-9,12-13H,4-7,10-11H2,1-3H3. The van der Waals surface area contributed by atoms with E-state index >= 15 is 0 Å². The predicted octanol–water partition coefficient (Wildman–Crippen LogP) is 1.60. The molecule has 0 saturated heterocycles. The van der Waals surface area contributed by atoms with Crippen molar-refractivity contribution < 1.29 is 4.79 Å². The Morgan fingerprint density at radius 2 is 2.04 bits per heavy atom. The van der Waals surface area contributed by atoms with Gasteiger partial charge in [0, 0.05) is 32.9 Å². The molecule has 2 aromatic heterocycles. The second kappa shape index (κ2) is 6.75. The summed E-state index contributed by atoms with van der Waals surface area (Å²) in [4.78, 5) is 26.3. The lowest BCUT2D eigenvalue weighted by Gasteiger charge is -2.29. The molecule has 1 aliphatic rings. The monoisotopic (exact) mass is 331 g/mol. The maximum absolute atomic E-state index is 12.5. The molecule has 0 aliphatic heterocycles. The molecule has 7 nitrogen and oxygen atoms in total. The number of hydrogen-bond donors (Lipinski definition) is 0. The van der Waals surface area contributed by atoms with Crippen molar-refractivity contribution in [2.24, 2.45) is 18.9 Å². The highest BCUT2D eigenvalue weighted by Gasteiger charge is 2.25. The van der Waals surface area contributed by atoms with Crippen LogP contribution >= 0.6 is 0 Å². The molecule has 0 aromatic carbocycles. The van der Waals surface area contributed by atoms with Crippen LogP contribution in [0.5, 0.6) is 0 Å². The number of carbonyl (C=O) groups is 1. The summed E-state index contributed by atoms with van der Waals surface area (Å²) in [6.07, 6.45) is 8.90. The van der Waals surface area contributed by atoms with Crippen LogP contribution in [0, 0.1) is 11.8 Å². The molecule has 7 heteroatoms. The van der Waals surface area contributed by atoms with Crippen LogP contribution in [0.2, 0.25) is 0 Å². The van der Waals surface area contributed by atoms with E-state index in [9.17, 15) is 9.59 Å². The van der Waals surface area contributed by atoms with Crippen LogP contribution in [-0.4, -0.2) is 37.0 Å². The first kappa shape index (κ1) is 16.7. The Hall–Kier alpha value is -2.18. The van der Waals surface area contributed by atoms with Gasteiger partial charge in [-0.15, -0.1) is 10.2 Å². The van der Waals surface area contributed by atoms with E-state index in [1.54, 1.807) is 35.8 Å². The average molecular weight is 331 g/mol. The molecule has 2 heterocycles. The third-order valence-electron chi connectivity index (χ3n) is 5.25. The highest BCUT2D eigenvalue weighted by Crippen LogP contribution is 2.32. The highest BCUT2D eigenvalue weighted by atomic mass is 16.2. The zero-order chi connectivity index (χ0) is 17.3. The molecule has 1 saturated carbocycles. The van der Waals surface area contributed by atoms with Crippen LogP contribution in [0.4, 0.5) is 0 Å². The molecule has 0 bridgehead atoms. The lowest BCUT2D eigenvalue weighted by atomic mass is 9.78. The van der Waals surface area contributed by atoms with Gasteiger partial charge in [0.25, 0.3) is 5.56 Å². The zero-order valence-corrected chi connectivity index (χ0v) is 14.6. The third kappa shape index (κ3) is 3.20. The summed E-state index contributed by atoms with van der Waals surface area (Å²) < 4.78 is 3.13. The molecular formula is C17H25N5O2. The fourth-order valence-corrected chi connectivity index (χ4v) is 3.50. The second-order valence-corrected chi connectivity index (χ2v) is 7.00. The molecular weight excluding hydrogens is 306 g/mol. The van der Waals surface area contributed by atoms with Gasteiger partial charge in [0.05, 0.1) is 6.54 Å². The number of rotatable bonds is 4. The Bertz CT molecular complexity index is 794. The van der Waals surface area contributed by atoms with Crippen LogP contribution in [0.15, 0.2) is 17.2 Å². The van der Waals surface area contributed by atoms with Gasteiger partial charge in [-0.25, -0.2) is 0 Å². The van der Waals surface area contributed by atoms with Crippen molar-refractivity contribution in [1.82, 2.24) is 24.1 Å². The lowest BCUT2D eigenvalue weighted by Crippen LogP contribution is -2.31. The SMILES string of the molecule is CC1CCCCC1CC(=O)N(C)Cc1nnc2c(=O)n(C)ccn12. The Balaban J connectivity index is 1.70. The second-order valence-electron chi connectivity index (χ2n) is 7.00. The Morgan fingerprint density at radius 1 is 1.29 bits per heavy atom. The molecule has 1 amide bonds. The predicted molar refractivity (Wildman–Crippen MR) is 90.4 cm³/mol. The van der Waals surface area contributed by atoms with Gasteiger partial charge in [-0.3, -0.25) is 14.0 Å². The van der Waals surface area contributed by atoms with Gasteiger partial charge in [0.2, 0.25) is 11.6 Å². The van der Waals surface area contributed by atoms with Crippen molar-refractivity contribution in [3.63, 3.8) is 0 Å². The van der Waals surface area contributed by atoms with Crippen LogP contribution in [0.3, 0.4) is 0 Å². The summed E-state index contributed by atoms with van der Waals surface area (Å²) in [7, 11) is 3.47. The van der Waals surface area contributed by atoms with Crippen molar-refractivity contribution in [2.75, 3.05) is 7.05 Å². The fraction of sp³-hybridized carbons (Fsp3) is 0.647. The summed E-state index contributed by atoms with van der Waals surface area (Å²) in [5.41, 5.74) is 0.0954. The minimum Gasteiger partial charge on any atom is -0.338 e. The maximum Gasteiger partial charge on any atom is 0.295 e. The number of fused-ring (bicyclic) bond motifs is 1. The molecule has 2 aromatic rings. The molecule has 2 atom stereocenters. The zero-order valence-electron chi connectivity index (χ0n) is 14.6. The van der Waals surface area contributed by atoms with Crippen molar-refractivity contribution in [3.05, 3.63) is 28.6 Å². The van der Waals surface area contributed by atoms with E-state index in [4.69, 9.17) is 0 Å². The Kier molecular flexibility index (Phi) is 4.69. The van der Waals surface area contributed by atoms with Gasteiger partial charge in [-0.2, -0.15) is 0 Å². The van der Waals surface area contributed by atoms with Crippen LogP contribution in [0.25, 0.3) is 5.65 Å². The van der Waals surface area contributed by atoms with Crippen molar-refractivity contribution in [1.29, 1.82) is 0 Å².